The molecule has 0 radical (unpaired) electrons. The Bertz CT molecular complexity index is 1140. The van der Waals surface area contributed by atoms with Crippen LogP contribution in [0.5, 0.6) is 0 Å². The van der Waals surface area contributed by atoms with Crippen molar-refractivity contribution in [3.05, 3.63) is 80.4 Å². The molecule has 2 aliphatic heterocycles. The van der Waals surface area contributed by atoms with E-state index in [9.17, 15) is 15.2 Å². The molecule has 156 valence electrons. The van der Waals surface area contributed by atoms with Crippen LogP contribution in [0.2, 0.25) is 0 Å². The second-order valence-electron chi connectivity index (χ2n) is 8.32. The summed E-state index contributed by atoms with van der Waals surface area (Å²) < 4.78 is -0.893. The Balaban J connectivity index is 1.73. The average molecular weight is 406 g/mol. The lowest BCUT2D eigenvalue weighted by Crippen LogP contribution is -2.61. The predicted octanol–water partition coefficient (Wildman–Crippen LogP) is 3.69. The van der Waals surface area contributed by atoms with Crippen molar-refractivity contribution >= 4 is 17.1 Å². The molecule has 0 atom stereocenters. The van der Waals surface area contributed by atoms with Crippen molar-refractivity contribution in [1.29, 1.82) is 0 Å². The first-order chi connectivity index (χ1) is 14.2. The lowest BCUT2D eigenvalue weighted by molar-refractivity contribution is -0.864. The molecule has 1 aromatic rings. The summed E-state index contributed by atoms with van der Waals surface area (Å²) in [6.45, 7) is 4.82. The molecule has 30 heavy (non-hydrogen) atoms. The molecule has 2 heterocycles. The Hall–Kier alpha value is -2.84. The van der Waals surface area contributed by atoms with Crippen LogP contribution in [0, 0.1) is 17.3 Å². The number of hydrogen-bond acceptors (Lipinski definition) is 4. The van der Waals surface area contributed by atoms with E-state index in [0.717, 1.165) is 16.8 Å². The lowest BCUT2D eigenvalue weighted by Gasteiger charge is -2.52. The van der Waals surface area contributed by atoms with Crippen molar-refractivity contribution in [2.75, 3.05) is 33.2 Å². The number of nitrogens with zero attached hydrogens (tertiary/aromatic N) is 3. The zero-order valence-electron chi connectivity index (χ0n) is 17.5. The number of fused-ring (bicyclic) bond motifs is 1. The molecule has 0 amide bonds. The molecular weight excluding hydrogens is 380 g/mol. The van der Waals surface area contributed by atoms with Gasteiger partial charge in [0.05, 0.1) is 24.0 Å². The Morgan fingerprint density at radius 1 is 1.03 bits per heavy atom. The van der Waals surface area contributed by atoms with Crippen molar-refractivity contribution in [3.63, 3.8) is 0 Å². The van der Waals surface area contributed by atoms with Gasteiger partial charge in [-0.1, -0.05) is 30.3 Å². The summed E-state index contributed by atoms with van der Waals surface area (Å²) in [4.78, 5) is 20.2. The number of H-pyrrole nitrogens is 1. The number of piperazine rings is 1. The Labute approximate surface area is 175 Å². The molecule has 1 aromatic carbocycles. The number of hydrogen-bond donors (Lipinski definition) is 1. The molecule has 0 aromatic heterocycles. The quantitative estimate of drug-likeness (QED) is 0.408. The van der Waals surface area contributed by atoms with E-state index in [0.29, 0.717) is 35.7 Å². The molecule has 0 saturated carbocycles. The van der Waals surface area contributed by atoms with Gasteiger partial charge in [0.1, 0.15) is 31.9 Å². The van der Waals surface area contributed by atoms with Crippen molar-refractivity contribution in [3.8, 4) is 11.3 Å². The number of benzene rings is 1. The standard InChI is InChI=1S/C23H26N4O3/c1-16-9-10-18(27(30)13-11-26(3,29)12-14-27)15-21(16)24-17(2)22-19-7-5-4-6-8-20(19)25-23(22)28/h4-10,15H,11-14H2,1-3H3,(H,25,28)/b24-17+. The van der Waals surface area contributed by atoms with E-state index >= 15 is 0 Å². The number of likely N-dealkylation sites (N-methyl/N-ethyl adjacent to an activating group) is 1. The maximum atomic E-state index is 13.3. The number of quaternary nitrogens is 2. The van der Waals surface area contributed by atoms with E-state index in [4.69, 9.17) is 4.99 Å². The van der Waals surface area contributed by atoms with Crippen LogP contribution < -0.4 is 10.2 Å². The summed E-state index contributed by atoms with van der Waals surface area (Å²) in [7, 11) is 1.61. The van der Waals surface area contributed by atoms with Gasteiger partial charge in [0.25, 0.3) is 5.56 Å². The molecular formula is C23H26N4O3. The highest BCUT2D eigenvalue weighted by molar-refractivity contribution is 6.05. The third-order valence-corrected chi connectivity index (χ3v) is 5.96. The summed E-state index contributed by atoms with van der Waals surface area (Å²) in [6, 6.07) is 14.9. The molecule has 0 unspecified atom stereocenters. The van der Waals surface area contributed by atoms with Gasteiger partial charge < -0.3 is 24.7 Å². The molecule has 1 N–H and O–H groups in total. The first-order valence-electron chi connectivity index (χ1n) is 10.1. The van der Waals surface area contributed by atoms with Gasteiger partial charge in [-0.25, -0.2) is 0 Å². The van der Waals surface area contributed by atoms with Gasteiger partial charge in [0, 0.05) is 17.3 Å². The Kier molecular flexibility index (Phi) is 5.07. The van der Waals surface area contributed by atoms with Crippen LogP contribution in [-0.2, 0) is 0 Å². The first kappa shape index (κ1) is 20.4. The summed E-state index contributed by atoms with van der Waals surface area (Å²) in [5.74, 6) is 0. The second kappa shape index (κ2) is 7.45. The fourth-order valence-corrected chi connectivity index (χ4v) is 3.98. The van der Waals surface area contributed by atoms with E-state index in [-0.39, 0.29) is 23.3 Å². The number of hydroxylamine groups is 5. The molecule has 0 bridgehead atoms. The first-order valence-corrected chi connectivity index (χ1v) is 10.1. The maximum absolute atomic E-state index is 13.3. The number of aliphatic imine (C=N–C) groups is 1. The number of rotatable bonds is 3. The maximum Gasteiger partial charge on any atom is 0.258 e. The summed E-state index contributed by atoms with van der Waals surface area (Å²) >= 11 is 0. The topological polar surface area (TPSA) is 91.3 Å². The second-order valence-corrected chi connectivity index (χ2v) is 8.32. The largest absolute Gasteiger partial charge is 0.633 e. The summed E-state index contributed by atoms with van der Waals surface area (Å²) in [5.41, 5.74) is 4.71. The highest BCUT2D eigenvalue weighted by Gasteiger charge is 2.32. The minimum atomic E-state index is -0.520. The van der Waals surface area contributed by atoms with E-state index < -0.39 is 4.65 Å². The van der Waals surface area contributed by atoms with E-state index in [2.05, 4.69) is 4.98 Å². The fourth-order valence-electron chi connectivity index (χ4n) is 3.98. The van der Waals surface area contributed by atoms with Crippen LogP contribution in [-0.4, -0.2) is 48.6 Å². The zero-order chi connectivity index (χ0) is 21.5. The Morgan fingerprint density at radius 2 is 1.73 bits per heavy atom. The third-order valence-electron chi connectivity index (χ3n) is 5.96. The molecule has 0 spiro atoms. The highest BCUT2D eigenvalue weighted by atomic mass is 16.6. The number of aromatic amines is 1. The van der Waals surface area contributed by atoms with Gasteiger partial charge in [-0.3, -0.25) is 9.79 Å². The molecule has 1 aliphatic carbocycles. The minimum absolute atomic E-state index is 0.179. The van der Waals surface area contributed by atoms with E-state index in [1.54, 1.807) is 13.1 Å². The minimum Gasteiger partial charge on any atom is -0.633 e. The van der Waals surface area contributed by atoms with Gasteiger partial charge in [-0.15, -0.1) is 0 Å². The molecule has 1 saturated heterocycles. The van der Waals surface area contributed by atoms with Gasteiger partial charge in [-0.2, -0.15) is 0 Å². The van der Waals surface area contributed by atoms with Gasteiger partial charge in [0.15, 0.2) is 0 Å². The fraction of sp³-hybridized carbons (Fsp3) is 0.304. The third kappa shape index (κ3) is 3.80. The number of aryl methyl sites for hydroxylation is 1. The van der Waals surface area contributed by atoms with Crippen LogP contribution in [0.25, 0.3) is 11.3 Å². The average Bonchev–Trinajstić information content (AvgIpc) is 2.85. The van der Waals surface area contributed by atoms with Crippen molar-refractivity contribution < 1.29 is 4.65 Å². The van der Waals surface area contributed by atoms with Crippen LogP contribution >= 0.6 is 0 Å². The SMILES string of the molecule is C/C(=N\c1cc([N+]2([O-])CC[N+](C)([O-])CC2)ccc1C)c1c2cccccc-2[nH]c1=O. The summed E-state index contributed by atoms with van der Waals surface area (Å²) in [6.07, 6.45) is 0. The van der Waals surface area contributed by atoms with Crippen molar-refractivity contribution in [2.45, 2.75) is 13.8 Å². The van der Waals surface area contributed by atoms with E-state index in [1.165, 1.54) is 0 Å². The molecule has 3 aliphatic rings. The van der Waals surface area contributed by atoms with Crippen LogP contribution in [0.4, 0.5) is 11.4 Å². The van der Waals surface area contributed by atoms with Crippen molar-refractivity contribution in [2.24, 2.45) is 4.99 Å². The smallest absolute Gasteiger partial charge is 0.258 e. The lowest BCUT2D eigenvalue weighted by atomic mass is 10.1. The summed E-state index contributed by atoms with van der Waals surface area (Å²) in [5, 5.41) is 25.5. The van der Waals surface area contributed by atoms with E-state index in [1.807, 2.05) is 56.3 Å². The highest BCUT2D eigenvalue weighted by Crippen LogP contribution is 2.32. The van der Waals surface area contributed by atoms with Gasteiger partial charge >= 0.3 is 0 Å². The zero-order valence-corrected chi connectivity index (χ0v) is 17.5. The molecule has 7 nitrogen and oxygen atoms in total. The van der Waals surface area contributed by atoms with Crippen LogP contribution in [0.1, 0.15) is 18.1 Å². The Morgan fingerprint density at radius 3 is 2.47 bits per heavy atom. The number of nitrogens with one attached hydrogen (secondary N) is 1. The van der Waals surface area contributed by atoms with Crippen molar-refractivity contribution in [1.82, 2.24) is 9.63 Å². The van der Waals surface area contributed by atoms with Gasteiger partial charge in [-0.05, 0) is 31.5 Å². The predicted molar refractivity (Wildman–Crippen MR) is 121 cm³/mol. The molecule has 1 fully saturated rings. The van der Waals surface area contributed by atoms with Crippen LogP contribution in [0.15, 0.2) is 58.3 Å². The monoisotopic (exact) mass is 406 g/mol. The number of aromatic nitrogens is 1. The van der Waals surface area contributed by atoms with Crippen LogP contribution in [0.3, 0.4) is 0 Å². The molecule has 4 rings (SSSR count). The normalized spacial score (nSPS) is 24.9. The van der Waals surface area contributed by atoms with Gasteiger partial charge in [0.2, 0.25) is 0 Å². The molecule has 7 heteroatoms.